The van der Waals surface area contributed by atoms with E-state index >= 15 is 0 Å². The van der Waals surface area contributed by atoms with Crippen molar-refractivity contribution in [2.75, 3.05) is 0 Å². The summed E-state index contributed by atoms with van der Waals surface area (Å²) in [4.78, 5) is 0. The first-order valence-corrected chi connectivity index (χ1v) is 9.17. The highest BCUT2D eigenvalue weighted by Gasteiger charge is 1.94. The minimum atomic E-state index is 1.09. The third kappa shape index (κ3) is 11.4. The van der Waals surface area contributed by atoms with Crippen LogP contribution in [0, 0.1) is 0 Å². The van der Waals surface area contributed by atoms with Crippen LogP contribution in [0.4, 0.5) is 0 Å². The van der Waals surface area contributed by atoms with Crippen LogP contribution in [0.15, 0.2) is 36.2 Å². The van der Waals surface area contributed by atoms with Gasteiger partial charge in [0.05, 0.1) is 5.70 Å². The molecule has 1 heteroatoms. The molecule has 1 heterocycles. The van der Waals surface area contributed by atoms with Crippen molar-refractivity contribution >= 4 is 0 Å². The van der Waals surface area contributed by atoms with Crippen LogP contribution in [0.5, 0.6) is 0 Å². The first-order chi connectivity index (χ1) is 10.4. The van der Waals surface area contributed by atoms with Crippen LogP contribution in [0.3, 0.4) is 0 Å². The van der Waals surface area contributed by atoms with Crippen LogP contribution in [-0.4, -0.2) is 0 Å². The van der Waals surface area contributed by atoms with Crippen molar-refractivity contribution < 1.29 is 0 Å². The Bertz CT molecular complexity index is 312. The number of allylic oxidation sites excluding steroid dienone is 4. The summed E-state index contributed by atoms with van der Waals surface area (Å²) < 4.78 is 0. The van der Waals surface area contributed by atoms with Gasteiger partial charge < -0.3 is 0 Å². The summed E-state index contributed by atoms with van der Waals surface area (Å²) >= 11 is 0. The van der Waals surface area contributed by atoms with Gasteiger partial charge in [0.1, 0.15) is 0 Å². The number of unbranched alkanes of at least 4 members (excludes halogenated alkanes) is 12. The van der Waals surface area contributed by atoms with Gasteiger partial charge in [-0.1, -0.05) is 83.6 Å². The average Bonchev–Trinajstić information content (AvgIpc) is 3.01. The Hall–Kier alpha value is -0.980. The first kappa shape index (κ1) is 18.1. The lowest BCUT2D eigenvalue weighted by Gasteiger charge is -2.02. The van der Waals surface area contributed by atoms with E-state index in [1.807, 2.05) is 12.3 Å². The molecule has 0 amide bonds. The van der Waals surface area contributed by atoms with Crippen LogP contribution < -0.4 is 5.32 Å². The van der Waals surface area contributed by atoms with Crippen molar-refractivity contribution in [3.05, 3.63) is 36.2 Å². The van der Waals surface area contributed by atoms with Gasteiger partial charge in [-0.05, 0) is 31.1 Å². The molecule has 0 saturated carbocycles. The van der Waals surface area contributed by atoms with Gasteiger partial charge in [0.2, 0.25) is 0 Å². The summed E-state index contributed by atoms with van der Waals surface area (Å²) in [5, 5.41) is 4.23. The van der Waals surface area contributed by atoms with E-state index in [4.69, 9.17) is 0 Å². The smallest absolute Gasteiger partial charge is 0.0626 e. The van der Waals surface area contributed by atoms with Crippen LogP contribution >= 0.6 is 0 Å². The maximum absolute atomic E-state index is 4.23. The summed E-state index contributed by atoms with van der Waals surface area (Å²) in [6.07, 6.45) is 28.6. The Morgan fingerprint density at radius 2 is 1.38 bits per heavy atom. The maximum Gasteiger partial charge on any atom is 0.0626 e. The average molecular weight is 288 g/mol. The van der Waals surface area contributed by atoms with E-state index < -0.39 is 0 Å². The summed E-state index contributed by atoms with van der Waals surface area (Å²) in [5.74, 6) is 0. The Labute approximate surface area is 132 Å². The van der Waals surface area contributed by atoms with Gasteiger partial charge in [-0.15, -0.1) is 0 Å². The molecule has 119 valence electrons. The number of rotatable bonds is 14. The molecule has 0 atom stereocenters. The topological polar surface area (TPSA) is 14.1 Å². The standard InChI is InChI=1S/C20H34N/c1-2-3-4-5-6-7-8-9-10-11-12-13-14-15-17-20-18-16-19-21-20/h15-19H,2-14H2,1H3. The third-order valence-electron chi connectivity index (χ3n) is 4.09. The summed E-state index contributed by atoms with van der Waals surface area (Å²) in [5.41, 5.74) is 1.09. The van der Waals surface area contributed by atoms with Crippen molar-refractivity contribution in [3.63, 3.8) is 0 Å². The lowest BCUT2D eigenvalue weighted by molar-refractivity contribution is 0.545. The van der Waals surface area contributed by atoms with E-state index in [0.717, 1.165) is 5.70 Å². The van der Waals surface area contributed by atoms with Crippen molar-refractivity contribution in [1.82, 2.24) is 5.32 Å². The summed E-state index contributed by atoms with van der Waals surface area (Å²) in [7, 11) is 0. The zero-order valence-corrected chi connectivity index (χ0v) is 14.0. The minimum Gasteiger partial charge on any atom is -0.257 e. The maximum atomic E-state index is 4.23. The molecule has 0 aromatic rings. The predicted octanol–water partition coefficient (Wildman–Crippen LogP) is 6.65. The number of hydrogen-bond acceptors (Lipinski definition) is 0. The van der Waals surface area contributed by atoms with Crippen molar-refractivity contribution in [3.8, 4) is 0 Å². The SMILES string of the molecule is CCCCCCCCCCCCCCC=CC1=CC=C[N]1. The zero-order chi connectivity index (χ0) is 15.0. The Kier molecular flexibility index (Phi) is 12.0. The predicted molar refractivity (Wildman–Crippen MR) is 94.2 cm³/mol. The highest BCUT2D eigenvalue weighted by atomic mass is 14.9. The van der Waals surface area contributed by atoms with Crippen molar-refractivity contribution in [2.45, 2.75) is 90.4 Å². The molecule has 21 heavy (non-hydrogen) atoms. The van der Waals surface area contributed by atoms with E-state index in [0.29, 0.717) is 0 Å². The van der Waals surface area contributed by atoms with E-state index in [1.165, 1.54) is 83.5 Å². The highest BCUT2D eigenvalue weighted by molar-refractivity contribution is 5.28. The fourth-order valence-electron chi connectivity index (χ4n) is 2.72. The first-order valence-electron chi connectivity index (χ1n) is 9.17. The monoisotopic (exact) mass is 288 g/mol. The minimum absolute atomic E-state index is 1.09. The lowest BCUT2D eigenvalue weighted by atomic mass is 10.0. The molecular weight excluding hydrogens is 254 g/mol. The van der Waals surface area contributed by atoms with Crippen LogP contribution in [0.2, 0.25) is 0 Å². The molecule has 0 aromatic carbocycles. The van der Waals surface area contributed by atoms with E-state index in [-0.39, 0.29) is 0 Å². The quantitative estimate of drug-likeness (QED) is 0.318. The molecular formula is C20H34N. The molecule has 1 rings (SSSR count). The molecule has 0 N–H and O–H groups in total. The lowest BCUT2D eigenvalue weighted by Crippen LogP contribution is -1.86. The normalized spacial score (nSPS) is 13.9. The molecule has 0 spiro atoms. The molecule has 0 aromatic heterocycles. The van der Waals surface area contributed by atoms with Gasteiger partial charge in [0, 0.05) is 6.20 Å². The Balaban J connectivity index is 1.72. The largest absolute Gasteiger partial charge is 0.257 e. The van der Waals surface area contributed by atoms with Crippen LogP contribution in [-0.2, 0) is 0 Å². The van der Waals surface area contributed by atoms with Gasteiger partial charge in [-0.2, -0.15) is 0 Å². The summed E-state index contributed by atoms with van der Waals surface area (Å²) in [6.45, 7) is 2.29. The van der Waals surface area contributed by atoms with Gasteiger partial charge in [0.25, 0.3) is 0 Å². The van der Waals surface area contributed by atoms with Gasteiger partial charge >= 0.3 is 0 Å². The molecule has 1 radical (unpaired) electrons. The Morgan fingerprint density at radius 3 is 1.90 bits per heavy atom. The molecule has 1 nitrogen and oxygen atoms in total. The second-order valence-electron chi connectivity index (χ2n) is 6.14. The Morgan fingerprint density at radius 1 is 0.810 bits per heavy atom. The highest BCUT2D eigenvalue weighted by Crippen LogP contribution is 2.12. The molecule has 0 saturated heterocycles. The second-order valence-corrected chi connectivity index (χ2v) is 6.14. The van der Waals surface area contributed by atoms with E-state index in [2.05, 4.69) is 30.5 Å². The van der Waals surface area contributed by atoms with E-state index in [9.17, 15) is 0 Å². The van der Waals surface area contributed by atoms with Gasteiger partial charge in [-0.3, -0.25) is 5.32 Å². The number of hydrogen-bond donors (Lipinski definition) is 0. The molecule has 1 aliphatic rings. The summed E-state index contributed by atoms with van der Waals surface area (Å²) in [6, 6.07) is 0. The van der Waals surface area contributed by atoms with Gasteiger partial charge in [0.15, 0.2) is 0 Å². The third-order valence-corrected chi connectivity index (χ3v) is 4.09. The van der Waals surface area contributed by atoms with E-state index in [1.54, 1.807) is 0 Å². The van der Waals surface area contributed by atoms with Gasteiger partial charge in [-0.25, -0.2) is 0 Å². The second kappa shape index (κ2) is 14.0. The van der Waals surface area contributed by atoms with Crippen LogP contribution in [0.1, 0.15) is 90.4 Å². The fraction of sp³-hybridized carbons (Fsp3) is 0.700. The number of nitrogens with zero attached hydrogens (tertiary/aromatic N) is 1. The molecule has 0 fully saturated rings. The molecule has 1 aliphatic heterocycles. The molecule has 0 bridgehead atoms. The van der Waals surface area contributed by atoms with Crippen molar-refractivity contribution in [1.29, 1.82) is 0 Å². The zero-order valence-electron chi connectivity index (χ0n) is 14.0. The fourth-order valence-corrected chi connectivity index (χ4v) is 2.72. The van der Waals surface area contributed by atoms with Crippen LogP contribution in [0.25, 0.3) is 0 Å². The molecule has 0 unspecified atom stereocenters. The molecule has 0 aliphatic carbocycles. The van der Waals surface area contributed by atoms with Crippen molar-refractivity contribution in [2.24, 2.45) is 0 Å².